The van der Waals surface area contributed by atoms with E-state index in [1.54, 1.807) is 18.3 Å². The molecule has 0 spiro atoms. The van der Waals surface area contributed by atoms with Crippen molar-refractivity contribution in [3.63, 3.8) is 0 Å². The second kappa shape index (κ2) is 14.3. The van der Waals surface area contributed by atoms with Crippen LogP contribution >= 0.6 is 0 Å². The largest absolute Gasteiger partial charge is 0.445 e. The molecule has 0 radical (unpaired) electrons. The SMILES string of the molecule is CC(C)[C@@H](C)C(=O)Nc1ccc(-c2ncc(-c3ccc(NC(=O)[C@H](NC(=O)OCc4ccccc4)C(C)C)cc3)o2)cc1. The van der Waals surface area contributed by atoms with Gasteiger partial charge in [0.1, 0.15) is 12.6 Å². The van der Waals surface area contributed by atoms with E-state index >= 15 is 0 Å². The summed E-state index contributed by atoms with van der Waals surface area (Å²) >= 11 is 0. The van der Waals surface area contributed by atoms with Gasteiger partial charge < -0.3 is 25.1 Å². The van der Waals surface area contributed by atoms with Gasteiger partial charge in [-0.3, -0.25) is 9.59 Å². The normalized spacial score (nSPS) is 12.4. The molecule has 0 unspecified atom stereocenters. The smallest absolute Gasteiger partial charge is 0.408 e. The third-order valence-corrected chi connectivity index (χ3v) is 7.19. The highest BCUT2D eigenvalue weighted by Gasteiger charge is 2.25. The Hall–Kier alpha value is -4.92. The predicted octanol–water partition coefficient (Wildman–Crippen LogP) is 7.13. The molecule has 1 heterocycles. The summed E-state index contributed by atoms with van der Waals surface area (Å²) in [5, 5.41) is 8.46. The Morgan fingerprint density at radius 2 is 1.33 bits per heavy atom. The van der Waals surface area contributed by atoms with Crippen molar-refractivity contribution >= 4 is 29.3 Å². The molecule has 0 fully saturated rings. The van der Waals surface area contributed by atoms with E-state index in [-0.39, 0.29) is 36.2 Å². The van der Waals surface area contributed by atoms with Gasteiger partial charge in [0.25, 0.3) is 0 Å². The molecule has 3 N–H and O–H groups in total. The molecule has 0 aliphatic rings. The number of rotatable bonds is 11. The topological polar surface area (TPSA) is 123 Å². The van der Waals surface area contributed by atoms with Crippen molar-refractivity contribution in [3.05, 3.63) is 90.6 Å². The van der Waals surface area contributed by atoms with Gasteiger partial charge in [-0.15, -0.1) is 0 Å². The number of benzene rings is 3. The minimum absolute atomic E-state index is 0.0156. The maximum atomic E-state index is 13.0. The summed E-state index contributed by atoms with van der Waals surface area (Å²) in [6.45, 7) is 9.77. The number of oxazole rings is 1. The molecule has 3 amide bonds. The molecule has 0 aliphatic heterocycles. The molecule has 0 saturated carbocycles. The van der Waals surface area contributed by atoms with Crippen LogP contribution in [0.1, 0.15) is 40.2 Å². The third kappa shape index (κ3) is 8.54. The lowest BCUT2D eigenvalue weighted by molar-refractivity contribution is -0.120. The molecule has 9 nitrogen and oxygen atoms in total. The lowest BCUT2D eigenvalue weighted by Gasteiger charge is -2.21. The Balaban J connectivity index is 1.33. The molecule has 4 aromatic rings. The fourth-order valence-corrected chi connectivity index (χ4v) is 4.16. The Labute approximate surface area is 252 Å². The zero-order valence-electron chi connectivity index (χ0n) is 25.1. The number of carbonyl (C=O) groups excluding carboxylic acids is 3. The molecular weight excluding hydrogens is 544 g/mol. The van der Waals surface area contributed by atoms with Crippen LogP contribution in [0.2, 0.25) is 0 Å². The van der Waals surface area contributed by atoms with Gasteiger partial charge in [0.2, 0.25) is 17.7 Å². The van der Waals surface area contributed by atoms with Crippen molar-refractivity contribution in [2.75, 3.05) is 10.6 Å². The second-order valence-electron chi connectivity index (χ2n) is 11.1. The van der Waals surface area contributed by atoms with E-state index in [1.807, 2.05) is 101 Å². The zero-order chi connectivity index (χ0) is 30.9. The van der Waals surface area contributed by atoms with Gasteiger partial charge >= 0.3 is 6.09 Å². The number of nitrogens with zero attached hydrogens (tertiary/aromatic N) is 1. The molecular formula is C34H38N4O5. The third-order valence-electron chi connectivity index (χ3n) is 7.19. The van der Waals surface area contributed by atoms with Crippen molar-refractivity contribution in [2.24, 2.45) is 17.8 Å². The monoisotopic (exact) mass is 582 g/mol. The maximum Gasteiger partial charge on any atom is 0.408 e. The van der Waals surface area contributed by atoms with Gasteiger partial charge in [-0.25, -0.2) is 9.78 Å². The minimum Gasteiger partial charge on any atom is -0.445 e. The second-order valence-corrected chi connectivity index (χ2v) is 11.1. The summed E-state index contributed by atoms with van der Waals surface area (Å²) in [5.41, 5.74) is 3.70. The van der Waals surface area contributed by atoms with E-state index < -0.39 is 12.1 Å². The molecule has 1 aromatic heterocycles. The quantitative estimate of drug-likeness (QED) is 0.173. The van der Waals surface area contributed by atoms with Crippen LogP contribution in [0.15, 0.2) is 89.5 Å². The fourth-order valence-electron chi connectivity index (χ4n) is 4.16. The van der Waals surface area contributed by atoms with E-state index in [4.69, 9.17) is 9.15 Å². The first-order chi connectivity index (χ1) is 20.6. The number of hydrogen-bond donors (Lipinski definition) is 3. The van der Waals surface area contributed by atoms with Crippen molar-refractivity contribution in [2.45, 2.75) is 47.3 Å². The molecule has 43 heavy (non-hydrogen) atoms. The van der Waals surface area contributed by atoms with E-state index in [9.17, 15) is 14.4 Å². The van der Waals surface area contributed by atoms with Gasteiger partial charge in [-0.2, -0.15) is 0 Å². The zero-order valence-corrected chi connectivity index (χ0v) is 25.1. The van der Waals surface area contributed by atoms with Crippen LogP contribution in [0.5, 0.6) is 0 Å². The average Bonchev–Trinajstić information content (AvgIpc) is 3.50. The lowest BCUT2D eigenvalue weighted by atomic mass is 9.97. The Bertz CT molecular complexity index is 1510. The molecule has 9 heteroatoms. The van der Waals surface area contributed by atoms with E-state index in [1.165, 1.54) is 0 Å². The van der Waals surface area contributed by atoms with Crippen molar-refractivity contribution in [3.8, 4) is 22.8 Å². The number of carbonyl (C=O) groups is 3. The maximum absolute atomic E-state index is 13.0. The first kappa shape index (κ1) is 31.0. The Kier molecular flexibility index (Phi) is 10.3. The predicted molar refractivity (Wildman–Crippen MR) is 167 cm³/mol. The molecule has 0 bridgehead atoms. The van der Waals surface area contributed by atoms with Crippen molar-refractivity contribution < 1.29 is 23.5 Å². The molecule has 4 rings (SSSR count). The minimum atomic E-state index is -0.780. The first-order valence-electron chi connectivity index (χ1n) is 14.4. The summed E-state index contributed by atoms with van der Waals surface area (Å²) in [6, 6.07) is 23.1. The number of amides is 3. The highest BCUT2D eigenvalue weighted by molar-refractivity contribution is 5.97. The van der Waals surface area contributed by atoms with Crippen molar-refractivity contribution in [1.82, 2.24) is 10.3 Å². The highest BCUT2D eigenvalue weighted by atomic mass is 16.5. The van der Waals surface area contributed by atoms with Crippen LogP contribution in [0, 0.1) is 17.8 Å². The molecule has 2 atom stereocenters. The van der Waals surface area contributed by atoms with Gasteiger partial charge in [0.05, 0.1) is 6.20 Å². The number of ether oxygens (including phenoxy) is 1. The lowest BCUT2D eigenvalue weighted by Crippen LogP contribution is -2.47. The summed E-state index contributed by atoms with van der Waals surface area (Å²) in [4.78, 5) is 42.1. The van der Waals surface area contributed by atoms with Crippen LogP contribution in [0.25, 0.3) is 22.8 Å². The van der Waals surface area contributed by atoms with Crippen LogP contribution in [-0.2, 0) is 20.9 Å². The van der Waals surface area contributed by atoms with Crippen LogP contribution in [0.3, 0.4) is 0 Å². The van der Waals surface area contributed by atoms with Gasteiger partial charge in [-0.05, 0) is 65.9 Å². The molecule has 3 aromatic carbocycles. The summed E-state index contributed by atoms with van der Waals surface area (Å²) in [5.74, 6) is 0.661. The van der Waals surface area contributed by atoms with E-state index in [2.05, 4.69) is 20.9 Å². The summed E-state index contributed by atoms with van der Waals surface area (Å²) in [7, 11) is 0. The average molecular weight is 583 g/mol. The Morgan fingerprint density at radius 1 is 0.744 bits per heavy atom. The highest BCUT2D eigenvalue weighted by Crippen LogP contribution is 2.28. The fraction of sp³-hybridized carbons (Fsp3) is 0.294. The standard InChI is InChI=1S/C34H38N4O5/c1-21(2)23(5)31(39)36-27-17-13-26(14-18-27)33-35-19-29(43-33)25-11-15-28(16-12-25)37-32(40)30(22(3)4)38-34(41)42-20-24-9-7-6-8-10-24/h6-19,21-23,30H,20H2,1-5H3,(H,36,39)(H,37,40)(H,38,41)/t23-,30-/m1/s1. The number of alkyl carbamates (subject to hydrolysis) is 1. The van der Waals surface area contributed by atoms with E-state index in [0.29, 0.717) is 23.0 Å². The summed E-state index contributed by atoms with van der Waals surface area (Å²) < 4.78 is 11.3. The summed E-state index contributed by atoms with van der Waals surface area (Å²) in [6.07, 6.45) is 0.983. The van der Waals surface area contributed by atoms with Gasteiger partial charge in [0.15, 0.2) is 5.76 Å². The van der Waals surface area contributed by atoms with Gasteiger partial charge in [0, 0.05) is 28.4 Å². The first-order valence-corrected chi connectivity index (χ1v) is 14.4. The number of hydrogen-bond acceptors (Lipinski definition) is 6. The number of anilines is 2. The van der Waals surface area contributed by atoms with Crippen LogP contribution < -0.4 is 16.0 Å². The van der Waals surface area contributed by atoms with Gasteiger partial charge in [-0.1, -0.05) is 65.0 Å². The number of nitrogens with one attached hydrogen (secondary N) is 3. The van der Waals surface area contributed by atoms with Crippen LogP contribution in [0.4, 0.5) is 16.2 Å². The van der Waals surface area contributed by atoms with Crippen LogP contribution in [-0.4, -0.2) is 28.9 Å². The molecule has 0 aliphatic carbocycles. The molecule has 0 saturated heterocycles. The number of aromatic nitrogens is 1. The Morgan fingerprint density at radius 3 is 1.91 bits per heavy atom. The van der Waals surface area contributed by atoms with Crippen molar-refractivity contribution in [1.29, 1.82) is 0 Å². The molecule has 224 valence electrons. The van der Waals surface area contributed by atoms with E-state index in [0.717, 1.165) is 16.7 Å².